The van der Waals surface area contributed by atoms with Gasteiger partial charge >= 0.3 is 5.97 Å². The van der Waals surface area contributed by atoms with E-state index in [2.05, 4.69) is 17.1 Å². The first-order valence-electron chi connectivity index (χ1n) is 8.60. The first-order chi connectivity index (χ1) is 13.1. The molecular weight excluding hydrogens is 356 g/mol. The third-order valence-electron chi connectivity index (χ3n) is 4.77. The number of aromatic nitrogens is 1. The van der Waals surface area contributed by atoms with Gasteiger partial charge in [0.05, 0.1) is 22.8 Å². The molecule has 132 valence electrons. The molecule has 2 aromatic heterocycles. The Morgan fingerprint density at radius 3 is 2.67 bits per heavy atom. The predicted molar refractivity (Wildman–Crippen MR) is 108 cm³/mol. The van der Waals surface area contributed by atoms with Crippen LogP contribution in [0.15, 0.2) is 54.9 Å². The standard InChI is InChI=1S/C22H16N2O2S/c1-13(8-22(25)26)20-9-18-19(11-24-12-21(18)27-20)17-7-6-14(10-23)15-4-2-3-5-16(15)17/h2-7,9,11-13H,8H2,1H3,(H,25,26)/t13-/m0/s1. The lowest BCUT2D eigenvalue weighted by molar-refractivity contribution is -0.137. The summed E-state index contributed by atoms with van der Waals surface area (Å²) < 4.78 is 1.04. The van der Waals surface area contributed by atoms with Gasteiger partial charge in [-0.05, 0) is 23.1 Å². The maximum Gasteiger partial charge on any atom is 0.303 e. The second-order valence-corrected chi connectivity index (χ2v) is 7.68. The van der Waals surface area contributed by atoms with Crippen molar-refractivity contribution >= 4 is 38.2 Å². The maximum absolute atomic E-state index is 11.1. The molecule has 5 heteroatoms. The monoisotopic (exact) mass is 372 g/mol. The van der Waals surface area contributed by atoms with E-state index in [0.717, 1.165) is 36.9 Å². The molecule has 0 amide bonds. The van der Waals surface area contributed by atoms with Crippen molar-refractivity contribution in [1.82, 2.24) is 4.98 Å². The van der Waals surface area contributed by atoms with Gasteiger partial charge in [0.2, 0.25) is 0 Å². The zero-order chi connectivity index (χ0) is 19.0. The molecule has 0 spiro atoms. The summed E-state index contributed by atoms with van der Waals surface area (Å²) in [5.74, 6) is -0.846. The molecule has 0 aliphatic heterocycles. The zero-order valence-electron chi connectivity index (χ0n) is 14.6. The van der Waals surface area contributed by atoms with Crippen molar-refractivity contribution in [2.45, 2.75) is 19.3 Å². The van der Waals surface area contributed by atoms with Gasteiger partial charge in [-0.15, -0.1) is 11.3 Å². The molecule has 2 aromatic carbocycles. The Hall–Kier alpha value is -3.23. The number of nitrogens with zero attached hydrogens (tertiary/aromatic N) is 2. The molecule has 1 atom stereocenters. The molecule has 0 saturated heterocycles. The van der Waals surface area contributed by atoms with E-state index < -0.39 is 5.97 Å². The van der Waals surface area contributed by atoms with Crippen molar-refractivity contribution in [2.24, 2.45) is 0 Å². The number of carboxylic acid groups (broad SMARTS) is 1. The number of carboxylic acids is 1. The Labute approximate surface area is 160 Å². The minimum atomic E-state index is -0.795. The third-order valence-corrected chi connectivity index (χ3v) is 6.07. The van der Waals surface area contributed by atoms with Crippen molar-refractivity contribution in [3.63, 3.8) is 0 Å². The van der Waals surface area contributed by atoms with Gasteiger partial charge in [0.1, 0.15) is 0 Å². The van der Waals surface area contributed by atoms with Crippen LogP contribution in [0.25, 0.3) is 32.0 Å². The normalized spacial score (nSPS) is 12.1. The van der Waals surface area contributed by atoms with E-state index in [1.54, 1.807) is 11.3 Å². The van der Waals surface area contributed by atoms with Crippen LogP contribution in [0, 0.1) is 11.3 Å². The molecule has 0 radical (unpaired) electrons. The Kier molecular flexibility index (Phi) is 4.35. The molecule has 27 heavy (non-hydrogen) atoms. The fourth-order valence-electron chi connectivity index (χ4n) is 3.43. The number of hydrogen-bond donors (Lipinski definition) is 1. The summed E-state index contributed by atoms with van der Waals surface area (Å²) in [5.41, 5.74) is 2.67. The number of thiophene rings is 1. The summed E-state index contributed by atoms with van der Waals surface area (Å²) in [7, 11) is 0. The van der Waals surface area contributed by atoms with Crippen LogP contribution in [0.5, 0.6) is 0 Å². The van der Waals surface area contributed by atoms with Gasteiger partial charge in [0, 0.05) is 39.5 Å². The average molecular weight is 372 g/mol. The van der Waals surface area contributed by atoms with E-state index in [4.69, 9.17) is 5.11 Å². The summed E-state index contributed by atoms with van der Waals surface area (Å²) in [5, 5.41) is 21.5. The van der Waals surface area contributed by atoms with Gasteiger partial charge < -0.3 is 5.11 Å². The molecule has 0 fully saturated rings. The fourth-order valence-corrected chi connectivity index (χ4v) is 4.54. The van der Waals surface area contributed by atoms with Gasteiger partial charge in [0.15, 0.2) is 0 Å². The second kappa shape index (κ2) is 6.82. The van der Waals surface area contributed by atoms with Crippen molar-refractivity contribution in [1.29, 1.82) is 5.26 Å². The minimum Gasteiger partial charge on any atom is -0.481 e. The van der Waals surface area contributed by atoms with Gasteiger partial charge in [-0.3, -0.25) is 9.78 Å². The highest BCUT2D eigenvalue weighted by Crippen LogP contribution is 2.39. The largest absolute Gasteiger partial charge is 0.481 e. The Morgan fingerprint density at radius 1 is 1.15 bits per heavy atom. The highest BCUT2D eigenvalue weighted by atomic mass is 32.1. The van der Waals surface area contributed by atoms with E-state index in [1.807, 2.05) is 55.7 Å². The Morgan fingerprint density at radius 2 is 1.93 bits per heavy atom. The fraction of sp³-hybridized carbons (Fsp3) is 0.136. The summed E-state index contributed by atoms with van der Waals surface area (Å²) in [6.45, 7) is 1.93. The number of pyridine rings is 1. The summed E-state index contributed by atoms with van der Waals surface area (Å²) in [4.78, 5) is 16.5. The molecular formula is C22H16N2O2S. The van der Waals surface area contributed by atoms with E-state index in [0.29, 0.717) is 5.56 Å². The summed E-state index contributed by atoms with van der Waals surface area (Å²) >= 11 is 1.59. The van der Waals surface area contributed by atoms with Crippen molar-refractivity contribution in [3.8, 4) is 17.2 Å². The lowest BCUT2D eigenvalue weighted by Crippen LogP contribution is -2.00. The van der Waals surface area contributed by atoms with Crippen molar-refractivity contribution in [2.75, 3.05) is 0 Å². The summed E-state index contributed by atoms with van der Waals surface area (Å²) in [6, 6.07) is 16.0. The first-order valence-corrected chi connectivity index (χ1v) is 9.41. The Bertz CT molecular complexity index is 1220. The van der Waals surface area contributed by atoms with Gasteiger partial charge in [0.25, 0.3) is 0 Å². The van der Waals surface area contributed by atoms with E-state index in [1.165, 1.54) is 0 Å². The number of nitriles is 1. The van der Waals surface area contributed by atoms with Crippen LogP contribution in [0.3, 0.4) is 0 Å². The average Bonchev–Trinajstić information content (AvgIpc) is 3.11. The highest BCUT2D eigenvalue weighted by molar-refractivity contribution is 7.19. The number of benzene rings is 2. The van der Waals surface area contributed by atoms with Gasteiger partial charge in [-0.25, -0.2) is 0 Å². The van der Waals surface area contributed by atoms with Gasteiger partial charge in [-0.2, -0.15) is 5.26 Å². The molecule has 4 aromatic rings. The molecule has 4 nitrogen and oxygen atoms in total. The van der Waals surface area contributed by atoms with Crippen molar-refractivity contribution in [3.05, 3.63) is 65.3 Å². The topological polar surface area (TPSA) is 74.0 Å². The maximum atomic E-state index is 11.1. The second-order valence-electron chi connectivity index (χ2n) is 6.56. The molecule has 0 aliphatic rings. The number of rotatable bonds is 4. The minimum absolute atomic E-state index is 0.0505. The van der Waals surface area contributed by atoms with Crippen LogP contribution in [0.1, 0.15) is 29.7 Å². The zero-order valence-corrected chi connectivity index (χ0v) is 15.5. The van der Waals surface area contributed by atoms with Gasteiger partial charge in [-0.1, -0.05) is 37.3 Å². The molecule has 2 heterocycles. The van der Waals surface area contributed by atoms with Crippen LogP contribution < -0.4 is 0 Å². The highest BCUT2D eigenvalue weighted by Gasteiger charge is 2.17. The lowest BCUT2D eigenvalue weighted by atomic mass is 9.94. The lowest BCUT2D eigenvalue weighted by Gasteiger charge is -2.09. The molecule has 0 aliphatic carbocycles. The van der Waals surface area contributed by atoms with Crippen LogP contribution in [-0.2, 0) is 4.79 Å². The molecule has 0 unspecified atom stereocenters. The van der Waals surface area contributed by atoms with Crippen LogP contribution in [-0.4, -0.2) is 16.1 Å². The summed E-state index contributed by atoms with van der Waals surface area (Å²) in [6.07, 6.45) is 3.77. The molecule has 0 saturated carbocycles. The van der Waals surface area contributed by atoms with E-state index >= 15 is 0 Å². The van der Waals surface area contributed by atoms with E-state index in [9.17, 15) is 10.1 Å². The van der Waals surface area contributed by atoms with Crippen LogP contribution in [0.2, 0.25) is 0 Å². The van der Waals surface area contributed by atoms with Crippen molar-refractivity contribution < 1.29 is 9.90 Å². The first kappa shape index (κ1) is 17.2. The predicted octanol–water partition coefficient (Wildman–Crippen LogP) is 5.57. The van der Waals surface area contributed by atoms with Crippen LogP contribution >= 0.6 is 11.3 Å². The van der Waals surface area contributed by atoms with E-state index in [-0.39, 0.29) is 12.3 Å². The molecule has 0 bridgehead atoms. The molecule has 4 rings (SSSR count). The number of carbonyl (C=O) groups is 1. The number of hydrogen-bond acceptors (Lipinski definition) is 4. The smallest absolute Gasteiger partial charge is 0.303 e. The SMILES string of the molecule is C[C@@H](CC(=O)O)c1cc2c(-c3ccc(C#N)c4ccccc34)cncc2s1. The van der Waals surface area contributed by atoms with Crippen LogP contribution in [0.4, 0.5) is 0 Å². The number of fused-ring (bicyclic) bond motifs is 2. The molecule has 1 N–H and O–H groups in total. The Balaban J connectivity index is 1.93. The third kappa shape index (κ3) is 3.05. The number of aliphatic carboxylic acids is 1. The quantitative estimate of drug-likeness (QED) is 0.508.